The van der Waals surface area contributed by atoms with E-state index in [2.05, 4.69) is 10.7 Å². The van der Waals surface area contributed by atoms with E-state index in [0.717, 1.165) is 22.5 Å². The first kappa shape index (κ1) is 13.1. The number of hydrogen-bond donors (Lipinski definition) is 3. The lowest BCUT2D eigenvalue weighted by molar-refractivity contribution is 0.102. The summed E-state index contributed by atoms with van der Waals surface area (Å²) in [5.41, 5.74) is 6.84. The number of anilines is 2. The first-order valence-corrected chi connectivity index (χ1v) is 6.05. The monoisotopic (exact) mass is 255 g/mol. The van der Waals surface area contributed by atoms with Crippen molar-refractivity contribution < 1.29 is 4.79 Å². The fourth-order valence-corrected chi connectivity index (χ4v) is 1.89. The first-order chi connectivity index (χ1) is 9.10. The van der Waals surface area contributed by atoms with Crippen molar-refractivity contribution in [2.45, 2.75) is 13.8 Å². The second kappa shape index (κ2) is 5.54. The number of nitrogens with one attached hydrogen (secondary N) is 2. The molecule has 4 N–H and O–H groups in total. The molecular formula is C15H17N3O. The number of carbonyl (C=O) groups excluding carboxylic acids is 1. The molecular weight excluding hydrogens is 238 g/mol. The molecule has 0 aromatic heterocycles. The Bertz CT molecular complexity index is 608. The summed E-state index contributed by atoms with van der Waals surface area (Å²) in [6.45, 7) is 3.89. The highest BCUT2D eigenvalue weighted by Crippen LogP contribution is 2.17. The third-order valence-electron chi connectivity index (χ3n) is 2.92. The van der Waals surface area contributed by atoms with Gasteiger partial charge in [0.2, 0.25) is 0 Å². The second-order valence-electron chi connectivity index (χ2n) is 4.50. The number of amides is 1. The molecule has 0 saturated heterocycles. The van der Waals surface area contributed by atoms with Crippen LogP contribution in [0.1, 0.15) is 21.5 Å². The predicted octanol–water partition coefficient (Wildman–Crippen LogP) is 2.84. The Hall–Kier alpha value is -2.33. The number of nitrogen functional groups attached to an aromatic ring is 1. The van der Waals surface area contributed by atoms with Crippen molar-refractivity contribution in [3.8, 4) is 0 Å². The number of aryl methyl sites for hydroxylation is 2. The molecule has 19 heavy (non-hydrogen) atoms. The molecule has 0 radical (unpaired) electrons. The Balaban J connectivity index is 2.18. The molecule has 0 heterocycles. The lowest BCUT2D eigenvalue weighted by Gasteiger charge is -2.09. The highest BCUT2D eigenvalue weighted by Gasteiger charge is 2.07. The predicted molar refractivity (Wildman–Crippen MR) is 78.1 cm³/mol. The normalized spacial score (nSPS) is 10.1. The largest absolute Gasteiger partial charge is 0.324 e. The Labute approximate surface area is 112 Å². The average Bonchev–Trinajstić information content (AvgIpc) is 2.38. The highest BCUT2D eigenvalue weighted by atomic mass is 16.1. The molecule has 0 saturated carbocycles. The number of carbonyl (C=O) groups is 1. The van der Waals surface area contributed by atoms with Gasteiger partial charge in [0.05, 0.1) is 5.69 Å². The Morgan fingerprint density at radius 1 is 1.11 bits per heavy atom. The number of hydrogen-bond acceptors (Lipinski definition) is 3. The zero-order valence-corrected chi connectivity index (χ0v) is 11.0. The van der Waals surface area contributed by atoms with E-state index >= 15 is 0 Å². The maximum Gasteiger partial charge on any atom is 0.255 e. The number of hydrazine groups is 1. The Kier molecular flexibility index (Phi) is 3.82. The molecule has 2 aromatic rings. The van der Waals surface area contributed by atoms with Crippen molar-refractivity contribution in [3.05, 3.63) is 59.2 Å². The molecule has 0 bridgehead atoms. The molecule has 2 rings (SSSR count). The molecule has 4 heteroatoms. The molecule has 0 aliphatic rings. The van der Waals surface area contributed by atoms with Crippen LogP contribution in [0, 0.1) is 13.8 Å². The Morgan fingerprint density at radius 2 is 1.89 bits per heavy atom. The van der Waals surface area contributed by atoms with Gasteiger partial charge in [-0.15, -0.1) is 0 Å². The van der Waals surface area contributed by atoms with Crippen LogP contribution in [0.3, 0.4) is 0 Å². The molecule has 0 spiro atoms. The van der Waals surface area contributed by atoms with Crippen LogP contribution in [0.25, 0.3) is 0 Å². The van der Waals surface area contributed by atoms with Gasteiger partial charge in [0.1, 0.15) is 0 Å². The van der Waals surface area contributed by atoms with Gasteiger partial charge in [-0.25, -0.2) is 0 Å². The number of benzene rings is 2. The van der Waals surface area contributed by atoms with Gasteiger partial charge < -0.3 is 10.7 Å². The summed E-state index contributed by atoms with van der Waals surface area (Å²) >= 11 is 0. The minimum absolute atomic E-state index is 0.128. The van der Waals surface area contributed by atoms with Crippen molar-refractivity contribution >= 4 is 17.3 Å². The third-order valence-corrected chi connectivity index (χ3v) is 2.92. The van der Waals surface area contributed by atoms with Gasteiger partial charge in [0.15, 0.2) is 0 Å². The maximum absolute atomic E-state index is 12.1. The number of rotatable bonds is 3. The fourth-order valence-electron chi connectivity index (χ4n) is 1.89. The standard InChI is InChI=1S/C15H17N3O/c1-10-4-3-5-13(8-10)17-15(19)12-6-7-14(18-16)11(2)9-12/h3-9,18H,16H2,1-2H3,(H,17,19). The third kappa shape index (κ3) is 3.11. The van der Waals surface area contributed by atoms with Gasteiger partial charge in [-0.3, -0.25) is 10.6 Å². The van der Waals surface area contributed by atoms with Crippen molar-refractivity contribution in [1.29, 1.82) is 0 Å². The van der Waals surface area contributed by atoms with Crippen LogP contribution < -0.4 is 16.6 Å². The van der Waals surface area contributed by atoms with E-state index < -0.39 is 0 Å². The summed E-state index contributed by atoms with van der Waals surface area (Å²) in [5, 5.41) is 2.87. The summed E-state index contributed by atoms with van der Waals surface area (Å²) in [6, 6.07) is 13.0. The Morgan fingerprint density at radius 3 is 2.53 bits per heavy atom. The summed E-state index contributed by atoms with van der Waals surface area (Å²) in [7, 11) is 0. The fraction of sp³-hybridized carbons (Fsp3) is 0.133. The van der Waals surface area contributed by atoms with Crippen LogP contribution >= 0.6 is 0 Å². The van der Waals surface area contributed by atoms with E-state index in [9.17, 15) is 4.79 Å². The second-order valence-corrected chi connectivity index (χ2v) is 4.50. The van der Waals surface area contributed by atoms with Crippen molar-refractivity contribution in [2.75, 3.05) is 10.7 Å². The van der Waals surface area contributed by atoms with Gasteiger partial charge in [0, 0.05) is 11.3 Å². The van der Waals surface area contributed by atoms with Crippen molar-refractivity contribution in [3.63, 3.8) is 0 Å². The SMILES string of the molecule is Cc1cccc(NC(=O)c2ccc(NN)c(C)c2)c1. The summed E-state index contributed by atoms with van der Waals surface area (Å²) in [5.74, 6) is 5.24. The molecule has 0 aliphatic carbocycles. The summed E-state index contributed by atoms with van der Waals surface area (Å²) in [4.78, 5) is 12.1. The van der Waals surface area contributed by atoms with Crippen LogP contribution in [0.4, 0.5) is 11.4 Å². The lowest BCUT2D eigenvalue weighted by atomic mass is 10.1. The summed E-state index contributed by atoms with van der Waals surface area (Å²) < 4.78 is 0. The van der Waals surface area contributed by atoms with Crippen LogP contribution in [0.2, 0.25) is 0 Å². The zero-order valence-electron chi connectivity index (χ0n) is 11.0. The topological polar surface area (TPSA) is 67.2 Å². The highest BCUT2D eigenvalue weighted by molar-refractivity contribution is 6.04. The quantitative estimate of drug-likeness (QED) is 0.583. The van der Waals surface area contributed by atoms with Gasteiger partial charge in [-0.05, 0) is 55.3 Å². The van der Waals surface area contributed by atoms with Crippen LogP contribution in [0.5, 0.6) is 0 Å². The van der Waals surface area contributed by atoms with Gasteiger partial charge >= 0.3 is 0 Å². The summed E-state index contributed by atoms with van der Waals surface area (Å²) in [6.07, 6.45) is 0. The molecule has 98 valence electrons. The van der Waals surface area contributed by atoms with Gasteiger partial charge in [-0.2, -0.15) is 0 Å². The maximum atomic E-state index is 12.1. The lowest BCUT2D eigenvalue weighted by Crippen LogP contribution is -2.13. The molecule has 2 aromatic carbocycles. The molecule has 1 amide bonds. The van der Waals surface area contributed by atoms with E-state index in [-0.39, 0.29) is 5.91 Å². The molecule has 0 fully saturated rings. The molecule has 0 aliphatic heterocycles. The smallest absolute Gasteiger partial charge is 0.255 e. The van der Waals surface area contributed by atoms with Gasteiger partial charge in [-0.1, -0.05) is 12.1 Å². The number of nitrogens with two attached hydrogens (primary N) is 1. The molecule has 4 nitrogen and oxygen atoms in total. The van der Waals surface area contributed by atoms with Crippen molar-refractivity contribution in [1.82, 2.24) is 0 Å². The van der Waals surface area contributed by atoms with Crippen molar-refractivity contribution in [2.24, 2.45) is 5.84 Å². The molecule has 0 atom stereocenters. The van der Waals surface area contributed by atoms with E-state index in [0.29, 0.717) is 5.56 Å². The molecule has 0 unspecified atom stereocenters. The van der Waals surface area contributed by atoms with Gasteiger partial charge in [0.25, 0.3) is 5.91 Å². The minimum atomic E-state index is -0.128. The minimum Gasteiger partial charge on any atom is -0.324 e. The zero-order chi connectivity index (χ0) is 13.8. The van der Waals surface area contributed by atoms with Crippen LogP contribution in [0.15, 0.2) is 42.5 Å². The van der Waals surface area contributed by atoms with Crippen LogP contribution in [-0.2, 0) is 0 Å². The van der Waals surface area contributed by atoms with E-state index in [4.69, 9.17) is 5.84 Å². The van der Waals surface area contributed by atoms with Crippen LogP contribution in [-0.4, -0.2) is 5.91 Å². The van der Waals surface area contributed by atoms with E-state index in [1.807, 2.05) is 38.1 Å². The van der Waals surface area contributed by atoms with E-state index in [1.54, 1.807) is 18.2 Å². The first-order valence-electron chi connectivity index (χ1n) is 6.05. The van der Waals surface area contributed by atoms with E-state index in [1.165, 1.54) is 0 Å². The average molecular weight is 255 g/mol.